The van der Waals surface area contributed by atoms with E-state index in [1.807, 2.05) is 19.1 Å². The van der Waals surface area contributed by atoms with Crippen LogP contribution in [0.5, 0.6) is 0 Å². The van der Waals surface area contributed by atoms with E-state index in [1.165, 1.54) is 0 Å². The summed E-state index contributed by atoms with van der Waals surface area (Å²) in [6.45, 7) is 1.93. The van der Waals surface area contributed by atoms with E-state index in [9.17, 15) is 4.79 Å². The molecule has 2 aromatic carbocycles. The van der Waals surface area contributed by atoms with Crippen LogP contribution in [0.4, 0.5) is 11.4 Å². The zero-order chi connectivity index (χ0) is 14.0. The highest BCUT2D eigenvalue weighted by molar-refractivity contribution is 9.10. The maximum absolute atomic E-state index is 10.8. The maximum Gasteiger partial charge on any atom is 0.335 e. The van der Waals surface area contributed by atoms with Crippen molar-refractivity contribution in [1.82, 2.24) is 0 Å². The first-order valence-electron chi connectivity index (χ1n) is 5.53. The molecule has 0 saturated heterocycles. The van der Waals surface area contributed by atoms with Gasteiger partial charge in [0, 0.05) is 15.2 Å². The smallest absolute Gasteiger partial charge is 0.335 e. The van der Waals surface area contributed by atoms with Crippen LogP contribution in [-0.4, -0.2) is 11.1 Å². The van der Waals surface area contributed by atoms with E-state index < -0.39 is 5.97 Å². The number of carboxylic acid groups (broad SMARTS) is 1. The van der Waals surface area contributed by atoms with Gasteiger partial charge in [0.2, 0.25) is 0 Å². The van der Waals surface area contributed by atoms with Crippen molar-refractivity contribution in [3.63, 3.8) is 0 Å². The van der Waals surface area contributed by atoms with E-state index >= 15 is 0 Å². The van der Waals surface area contributed by atoms with Crippen LogP contribution >= 0.6 is 27.5 Å². The second kappa shape index (κ2) is 5.63. The lowest BCUT2D eigenvalue weighted by atomic mass is 10.2. The topological polar surface area (TPSA) is 49.3 Å². The van der Waals surface area contributed by atoms with Gasteiger partial charge in [-0.05, 0) is 64.8 Å². The minimum atomic E-state index is -0.939. The third-order valence-electron chi connectivity index (χ3n) is 2.66. The predicted molar refractivity (Wildman–Crippen MR) is 80.6 cm³/mol. The molecule has 5 heteroatoms. The van der Waals surface area contributed by atoms with E-state index in [-0.39, 0.29) is 5.56 Å². The third-order valence-corrected chi connectivity index (χ3v) is 3.72. The summed E-state index contributed by atoms with van der Waals surface area (Å²) < 4.78 is 0.900. The Morgan fingerprint density at radius 1 is 1.26 bits per heavy atom. The van der Waals surface area contributed by atoms with Gasteiger partial charge in [-0.1, -0.05) is 11.6 Å². The Kier molecular flexibility index (Phi) is 4.12. The van der Waals surface area contributed by atoms with Gasteiger partial charge in [-0.2, -0.15) is 0 Å². The molecular formula is C14H11BrClNO2. The van der Waals surface area contributed by atoms with Crippen LogP contribution in [0.3, 0.4) is 0 Å². The molecule has 0 atom stereocenters. The number of carboxylic acids is 1. The van der Waals surface area contributed by atoms with Crippen molar-refractivity contribution < 1.29 is 9.90 Å². The molecule has 0 aliphatic heterocycles. The van der Waals surface area contributed by atoms with Crippen LogP contribution in [-0.2, 0) is 0 Å². The molecule has 3 nitrogen and oxygen atoms in total. The van der Waals surface area contributed by atoms with Crippen molar-refractivity contribution in [2.45, 2.75) is 6.92 Å². The van der Waals surface area contributed by atoms with E-state index in [2.05, 4.69) is 21.2 Å². The molecule has 0 amide bonds. The first-order chi connectivity index (χ1) is 8.97. The molecule has 98 valence electrons. The highest BCUT2D eigenvalue weighted by atomic mass is 79.9. The molecule has 0 radical (unpaired) electrons. The quantitative estimate of drug-likeness (QED) is 0.839. The molecule has 0 aliphatic carbocycles. The summed E-state index contributed by atoms with van der Waals surface area (Å²) in [5, 5.41) is 12.7. The van der Waals surface area contributed by atoms with Gasteiger partial charge in [0.15, 0.2) is 0 Å². The molecular weight excluding hydrogens is 330 g/mol. The summed E-state index contributed by atoms with van der Waals surface area (Å²) in [4.78, 5) is 10.8. The van der Waals surface area contributed by atoms with Gasteiger partial charge >= 0.3 is 5.97 Å². The van der Waals surface area contributed by atoms with Crippen molar-refractivity contribution >= 4 is 44.9 Å². The fraction of sp³-hybridized carbons (Fsp3) is 0.0714. The van der Waals surface area contributed by atoms with Gasteiger partial charge in [-0.25, -0.2) is 4.79 Å². The molecule has 0 bridgehead atoms. The highest BCUT2D eigenvalue weighted by Crippen LogP contribution is 2.31. The second-order valence-corrected chi connectivity index (χ2v) is 5.35. The maximum atomic E-state index is 10.8. The third kappa shape index (κ3) is 3.28. The van der Waals surface area contributed by atoms with Gasteiger partial charge in [-0.15, -0.1) is 0 Å². The molecule has 0 fully saturated rings. The average molecular weight is 341 g/mol. The summed E-state index contributed by atoms with van der Waals surface area (Å²) in [6.07, 6.45) is 0. The zero-order valence-corrected chi connectivity index (χ0v) is 12.4. The Morgan fingerprint density at radius 3 is 2.47 bits per heavy atom. The summed E-state index contributed by atoms with van der Waals surface area (Å²) >= 11 is 9.54. The van der Waals surface area contributed by atoms with Gasteiger partial charge in [0.05, 0.1) is 11.3 Å². The number of benzene rings is 2. The lowest BCUT2D eigenvalue weighted by Gasteiger charge is -2.10. The largest absolute Gasteiger partial charge is 0.478 e. The minimum absolute atomic E-state index is 0.256. The number of aryl methyl sites for hydroxylation is 1. The molecule has 0 unspecified atom stereocenters. The number of hydrogen-bond acceptors (Lipinski definition) is 2. The lowest BCUT2D eigenvalue weighted by molar-refractivity contribution is 0.0697. The molecule has 2 N–H and O–H groups in total. The van der Waals surface area contributed by atoms with E-state index in [4.69, 9.17) is 16.7 Å². The normalized spacial score (nSPS) is 10.3. The molecule has 0 spiro atoms. The number of nitrogens with one attached hydrogen (secondary N) is 1. The summed E-state index contributed by atoms with van der Waals surface area (Å²) in [7, 11) is 0. The first kappa shape index (κ1) is 13.9. The van der Waals surface area contributed by atoms with Gasteiger partial charge < -0.3 is 10.4 Å². The minimum Gasteiger partial charge on any atom is -0.478 e. The van der Waals surface area contributed by atoms with Crippen molar-refractivity contribution in [2.75, 3.05) is 5.32 Å². The number of halogens is 2. The Morgan fingerprint density at radius 2 is 1.89 bits per heavy atom. The molecule has 0 aliphatic rings. The van der Waals surface area contributed by atoms with Crippen LogP contribution in [0.1, 0.15) is 15.9 Å². The second-order valence-electron chi connectivity index (χ2n) is 4.09. The Hall–Kier alpha value is -1.52. The monoisotopic (exact) mass is 339 g/mol. The van der Waals surface area contributed by atoms with Crippen molar-refractivity contribution in [1.29, 1.82) is 0 Å². The van der Waals surface area contributed by atoms with Crippen LogP contribution in [0, 0.1) is 6.92 Å². The SMILES string of the molecule is Cc1cc(Br)c(Nc2ccc(C(=O)O)cc2)cc1Cl. The fourth-order valence-electron chi connectivity index (χ4n) is 1.59. The van der Waals surface area contributed by atoms with Crippen LogP contribution in [0.15, 0.2) is 40.9 Å². The number of carbonyl (C=O) groups is 1. The number of hydrogen-bond donors (Lipinski definition) is 2. The van der Waals surface area contributed by atoms with Crippen LogP contribution in [0.25, 0.3) is 0 Å². The van der Waals surface area contributed by atoms with Gasteiger partial charge in [0.25, 0.3) is 0 Å². The van der Waals surface area contributed by atoms with Crippen molar-refractivity contribution in [3.05, 3.63) is 57.0 Å². The Balaban J connectivity index is 2.26. The molecule has 19 heavy (non-hydrogen) atoms. The van der Waals surface area contributed by atoms with Gasteiger partial charge in [-0.3, -0.25) is 0 Å². The van der Waals surface area contributed by atoms with E-state index in [0.29, 0.717) is 5.02 Å². The molecule has 0 heterocycles. The van der Waals surface area contributed by atoms with Crippen molar-refractivity contribution in [2.24, 2.45) is 0 Å². The predicted octanol–water partition coefficient (Wildman–Crippen LogP) is 4.85. The standard InChI is InChI=1S/C14H11BrClNO2/c1-8-6-11(15)13(7-12(8)16)17-10-4-2-9(3-5-10)14(18)19/h2-7,17H,1H3,(H,18,19). The summed E-state index contributed by atoms with van der Waals surface area (Å²) in [5.74, 6) is -0.939. The first-order valence-corrected chi connectivity index (χ1v) is 6.70. The van der Waals surface area contributed by atoms with E-state index in [0.717, 1.165) is 21.4 Å². The number of aromatic carboxylic acids is 1. The Bertz CT molecular complexity index is 626. The Labute approximate surface area is 124 Å². The van der Waals surface area contributed by atoms with Gasteiger partial charge in [0.1, 0.15) is 0 Å². The zero-order valence-electron chi connectivity index (χ0n) is 10.1. The highest BCUT2D eigenvalue weighted by Gasteiger charge is 2.06. The lowest BCUT2D eigenvalue weighted by Crippen LogP contribution is -1.97. The van der Waals surface area contributed by atoms with E-state index in [1.54, 1.807) is 24.3 Å². The van der Waals surface area contributed by atoms with Crippen LogP contribution in [0.2, 0.25) is 5.02 Å². The van der Waals surface area contributed by atoms with Crippen molar-refractivity contribution in [3.8, 4) is 0 Å². The summed E-state index contributed by atoms with van der Waals surface area (Å²) in [5.41, 5.74) is 2.87. The molecule has 2 aromatic rings. The molecule has 2 rings (SSSR count). The fourth-order valence-corrected chi connectivity index (χ4v) is 2.31. The van der Waals surface area contributed by atoms with Crippen LogP contribution < -0.4 is 5.32 Å². The number of rotatable bonds is 3. The molecule has 0 aromatic heterocycles. The molecule has 0 saturated carbocycles. The average Bonchev–Trinajstić information content (AvgIpc) is 2.36. The number of anilines is 2. The summed E-state index contributed by atoms with van der Waals surface area (Å²) in [6, 6.07) is 10.3.